The molecular formula is C13H25N3. The van der Waals surface area contributed by atoms with Crippen molar-refractivity contribution in [1.82, 2.24) is 9.55 Å². The zero-order valence-corrected chi connectivity index (χ0v) is 11.2. The third-order valence-electron chi connectivity index (χ3n) is 3.20. The maximum absolute atomic E-state index is 4.34. The molecule has 0 saturated heterocycles. The Morgan fingerprint density at radius 2 is 2.12 bits per heavy atom. The number of nitrogens with one attached hydrogen (secondary N) is 1. The number of hydrogen-bond acceptors (Lipinski definition) is 2. The Kier molecular flexibility index (Phi) is 4.39. The second kappa shape index (κ2) is 5.37. The molecule has 92 valence electrons. The summed E-state index contributed by atoms with van der Waals surface area (Å²) in [6.07, 6.45) is 5.05. The molecule has 0 bridgehead atoms. The maximum atomic E-state index is 4.34. The standard InChI is InChI=1S/C13H25N3/c1-6-7-14-12-15-8-9-16(12)10-11(2)13(3,4)5/h8-9,11H,6-7,10H2,1-5H3,(H,14,15). The van der Waals surface area contributed by atoms with Crippen LogP contribution in [0.2, 0.25) is 0 Å². The first-order chi connectivity index (χ1) is 7.45. The van der Waals surface area contributed by atoms with Gasteiger partial charge in [-0.3, -0.25) is 0 Å². The molecule has 0 fully saturated rings. The van der Waals surface area contributed by atoms with E-state index in [0.717, 1.165) is 25.5 Å². The second-order valence-corrected chi connectivity index (χ2v) is 5.60. The van der Waals surface area contributed by atoms with E-state index in [-0.39, 0.29) is 0 Å². The number of imidazole rings is 1. The summed E-state index contributed by atoms with van der Waals surface area (Å²) >= 11 is 0. The van der Waals surface area contributed by atoms with Crippen molar-refractivity contribution in [3.05, 3.63) is 12.4 Å². The van der Waals surface area contributed by atoms with Crippen molar-refractivity contribution in [2.24, 2.45) is 11.3 Å². The van der Waals surface area contributed by atoms with Crippen LogP contribution in [0.4, 0.5) is 5.95 Å². The Morgan fingerprint density at radius 3 is 2.69 bits per heavy atom. The van der Waals surface area contributed by atoms with Gasteiger partial charge in [-0.2, -0.15) is 0 Å². The summed E-state index contributed by atoms with van der Waals surface area (Å²) in [5.74, 6) is 1.63. The lowest BCUT2D eigenvalue weighted by atomic mass is 9.82. The Morgan fingerprint density at radius 1 is 1.44 bits per heavy atom. The lowest BCUT2D eigenvalue weighted by Crippen LogP contribution is -2.23. The first kappa shape index (κ1) is 13.1. The molecule has 0 spiro atoms. The zero-order chi connectivity index (χ0) is 12.2. The summed E-state index contributed by atoms with van der Waals surface area (Å²) in [6, 6.07) is 0. The highest BCUT2D eigenvalue weighted by Gasteiger charge is 2.20. The smallest absolute Gasteiger partial charge is 0.202 e. The van der Waals surface area contributed by atoms with Gasteiger partial charge in [0.15, 0.2) is 0 Å². The summed E-state index contributed by atoms with van der Waals surface area (Å²) in [4.78, 5) is 4.34. The number of hydrogen-bond donors (Lipinski definition) is 1. The average molecular weight is 223 g/mol. The summed E-state index contributed by atoms with van der Waals surface area (Å²) in [5.41, 5.74) is 0.340. The molecule has 3 nitrogen and oxygen atoms in total. The van der Waals surface area contributed by atoms with Crippen LogP contribution in [0.5, 0.6) is 0 Å². The van der Waals surface area contributed by atoms with E-state index in [1.807, 2.05) is 6.20 Å². The Bertz CT molecular complexity index is 309. The van der Waals surface area contributed by atoms with Gasteiger partial charge in [0.2, 0.25) is 5.95 Å². The average Bonchev–Trinajstić information content (AvgIpc) is 2.61. The molecule has 1 unspecified atom stereocenters. The molecule has 0 radical (unpaired) electrons. The molecule has 16 heavy (non-hydrogen) atoms. The van der Waals surface area contributed by atoms with Crippen LogP contribution in [-0.4, -0.2) is 16.1 Å². The highest BCUT2D eigenvalue weighted by molar-refractivity contribution is 5.25. The molecule has 1 aromatic heterocycles. The minimum absolute atomic E-state index is 0.340. The summed E-state index contributed by atoms with van der Waals surface area (Å²) in [7, 11) is 0. The van der Waals surface area contributed by atoms with Crippen LogP contribution in [0.3, 0.4) is 0 Å². The van der Waals surface area contributed by atoms with Crippen molar-refractivity contribution in [2.45, 2.75) is 47.6 Å². The quantitative estimate of drug-likeness (QED) is 0.829. The van der Waals surface area contributed by atoms with Crippen molar-refractivity contribution in [3.63, 3.8) is 0 Å². The van der Waals surface area contributed by atoms with E-state index in [9.17, 15) is 0 Å². The van der Waals surface area contributed by atoms with E-state index < -0.39 is 0 Å². The third kappa shape index (κ3) is 3.54. The highest BCUT2D eigenvalue weighted by Crippen LogP contribution is 2.27. The first-order valence-electron chi connectivity index (χ1n) is 6.20. The second-order valence-electron chi connectivity index (χ2n) is 5.60. The van der Waals surface area contributed by atoms with Crippen molar-refractivity contribution >= 4 is 5.95 Å². The fraction of sp³-hybridized carbons (Fsp3) is 0.769. The lowest BCUT2D eigenvalue weighted by molar-refractivity contribution is 0.233. The fourth-order valence-corrected chi connectivity index (χ4v) is 1.43. The summed E-state index contributed by atoms with van der Waals surface area (Å²) in [6.45, 7) is 13.3. The predicted molar refractivity (Wildman–Crippen MR) is 69.6 cm³/mol. The third-order valence-corrected chi connectivity index (χ3v) is 3.20. The topological polar surface area (TPSA) is 29.9 Å². The van der Waals surface area contributed by atoms with Gasteiger partial charge in [-0.1, -0.05) is 34.6 Å². The minimum atomic E-state index is 0.340. The SMILES string of the molecule is CCCNc1nccn1CC(C)C(C)(C)C. The molecule has 1 N–H and O–H groups in total. The van der Waals surface area contributed by atoms with Crippen LogP contribution in [-0.2, 0) is 6.54 Å². The van der Waals surface area contributed by atoms with Gasteiger partial charge < -0.3 is 9.88 Å². The molecule has 0 aliphatic carbocycles. The predicted octanol–water partition coefficient (Wildman–Crippen LogP) is 3.39. The highest BCUT2D eigenvalue weighted by atomic mass is 15.2. The van der Waals surface area contributed by atoms with Crippen molar-refractivity contribution in [1.29, 1.82) is 0 Å². The first-order valence-corrected chi connectivity index (χ1v) is 6.20. The van der Waals surface area contributed by atoms with E-state index >= 15 is 0 Å². The fourth-order valence-electron chi connectivity index (χ4n) is 1.43. The van der Waals surface area contributed by atoms with Crippen LogP contribution < -0.4 is 5.32 Å². The monoisotopic (exact) mass is 223 g/mol. The van der Waals surface area contributed by atoms with E-state index in [2.05, 4.69) is 55.7 Å². The molecule has 0 aliphatic heterocycles. The Hall–Kier alpha value is -0.990. The van der Waals surface area contributed by atoms with Crippen molar-refractivity contribution in [2.75, 3.05) is 11.9 Å². The number of nitrogens with zero attached hydrogens (tertiary/aromatic N) is 2. The van der Waals surface area contributed by atoms with Crippen molar-refractivity contribution < 1.29 is 0 Å². The number of rotatable bonds is 5. The van der Waals surface area contributed by atoms with Gasteiger partial charge in [-0.25, -0.2) is 4.98 Å². The number of anilines is 1. The Balaban J connectivity index is 2.63. The van der Waals surface area contributed by atoms with Crippen LogP contribution in [0.1, 0.15) is 41.0 Å². The normalized spacial score (nSPS) is 13.8. The van der Waals surface area contributed by atoms with Gasteiger partial charge in [0.25, 0.3) is 0 Å². The zero-order valence-electron chi connectivity index (χ0n) is 11.2. The van der Waals surface area contributed by atoms with Crippen LogP contribution in [0, 0.1) is 11.3 Å². The summed E-state index contributed by atoms with van der Waals surface area (Å²) < 4.78 is 2.21. The van der Waals surface area contributed by atoms with Gasteiger partial charge in [0.1, 0.15) is 0 Å². The molecular weight excluding hydrogens is 198 g/mol. The van der Waals surface area contributed by atoms with E-state index in [1.54, 1.807) is 0 Å². The molecule has 0 aliphatic rings. The summed E-state index contributed by atoms with van der Waals surface area (Å²) in [5, 5.41) is 3.35. The van der Waals surface area contributed by atoms with Gasteiger partial charge in [0, 0.05) is 25.5 Å². The van der Waals surface area contributed by atoms with Gasteiger partial charge >= 0.3 is 0 Å². The van der Waals surface area contributed by atoms with E-state index in [1.165, 1.54) is 0 Å². The number of aromatic nitrogens is 2. The molecule has 0 aromatic carbocycles. The molecule has 0 saturated carbocycles. The maximum Gasteiger partial charge on any atom is 0.202 e. The molecule has 1 heterocycles. The van der Waals surface area contributed by atoms with Crippen LogP contribution >= 0.6 is 0 Å². The largest absolute Gasteiger partial charge is 0.356 e. The van der Waals surface area contributed by atoms with Crippen LogP contribution in [0.15, 0.2) is 12.4 Å². The van der Waals surface area contributed by atoms with Gasteiger partial charge in [0.05, 0.1) is 0 Å². The molecule has 0 amide bonds. The van der Waals surface area contributed by atoms with E-state index in [0.29, 0.717) is 11.3 Å². The van der Waals surface area contributed by atoms with Gasteiger partial charge in [-0.15, -0.1) is 0 Å². The molecule has 1 atom stereocenters. The van der Waals surface area contributed by atoms with Crippen LogP contribution in [0.25, 0.3) is 0 Å². The Labute approximate surface area is 99.3 Å². The van der Waals surface area contributed by atoms with Gasteiger partial charge in [-0.05, 0) is 17.8 Å². The van der Waals surface area contributed by atoms with E-state index in [4.69, 9.17) is 0 Å². The molecule has 1 rings (SSSR count). The lowest BCUT2D eigenvalue weighted by Gasteiger charge is -2.28. The molecule has 1 aromatic rings. The minimum Gasteiger partial charge on any atom is -0.356 e. The van der Waals surface area contributed by atoms with Crippen molar-refractivity contribution in [3.8, 4) is 0 Å². The molecule has 3 heteroatoms.